The molecule has 1 N–H and O–H groups in total. The molecule has 0 radical (unpaired) electrons. The molecule has 0 aliphatic carbocycles. The van der Waals surface area contributed by atoms with E-state index in [2.05, 4.69) is 37.9 Å². The molecule has 1 aliphatic heterocycles. The topological polar surface area (TPSA) is 24.5 Å². The van der Waals surface area contributed by atoms with Gasteiger partial charge in [-0.2, -0.15) is 0 Å². The largest absolute Gasteiger partial charge is 0.383 e. The third-order valence-corrected chi connectivity index (χ3v) is 4.00. The summed E-state index contributed by atoms with van der Waals surface area (Å²) in [6.45, 7) is 12.2. The number of rotatable bonds is 5. The van der Waals surface area contributed by atoms with Crippen molar-refractivity contribution in [2.24, 2.45) is 0 Å². The quantitative estimate of drug-likeness (QED) is 0.777. The minimum absolute atomic E-state index is 0.271. The summed E-state index contributed by atoms with van der Waals surface area (Å²) >= 11 is 0. The van der Waals surface area contributed by atoms with Gasteiger partial charge in [-0.1, -0.05) is 13.8 Å². The van der Waals surface area contributed by atoms with Crippen molar-refractivity contribution in [2.75, 3.05) is 26.8 Å². The first-order valence-corrected chi connectivity index (χ1v) is 6.56. The number of nitrogens with zero attached hydrogens (tertiary/aromatic N) is 1. The van der Waals surface area contributed by atoms with Crippen LogP contribution in [0.25, 0.3) is 0 Å². The first-order valence-electron chi connectivity index (χ1n) is 6.56. The van der Waals surface area contributed by atoms with Crippen molar-refractivity contribution < 1.29 is 4.74 Å². The molecule has 3 atom stereocenters. The Morgan fingerprint density at radius 3 is 2.69 bits per heavy atom. The van der Waals surface area contributed by atoms with Crippen LogP contribution in [0.3, 0.4) is 0 Å². The van der Waals surface area contributed by atoms with E-state index in [9.17, 15) is 0 Å². The van der Waals surface area contributed by atoms with Crippen molar-refractivity contribution in [3.63, 3.8) is 0 Å². The maximum atomic E-state index is 5.34. The summed E-state index contributed by atoms with van der Waals surface area (Å²) in [5.41, 5.74) is 0.271. The molecular weight excluding hydrogens is 200 g/mol. The van der Waals surface area contributed by atoms with Crippen LogP contribution in [-0.4, -0.2) is 49.3 Å². The van der Waals surface area contributed by atoms with Crippen molar-refractivity contribution in [3.8, 4) is 0 Å². The van der Waals surface area contributed by atoms with E-state index >= 15 is 0 Å². The minimum atomic E-state index is 0.271. The van der Waals surface area contributed by atoms with E-state index in [0.717, 1.165) is 26.1 Å². The molecule has 1 fully saturated rings. The van der Waals surface area contributed by atoms with Gasteiger partial charge in [0.2, 0.25) is 0 Å². The third kappa shape index (κ3) is 3.19. The minimum Gasteiger partial charge on any atom is -0.383 e. The molecule has 3 nitrogen and oxygen atoms in total. The van der Waals surface area contributed by atoms with Crippen LogP contribution in [-0.2, 0) is 4.74 Å². The molecule has 1 heterocycles. The Labute approximate surface area is 101 Å². The second-order valence-corrected chi connectivity index (χ2v) is 5.33. The van der Waals surface area contributed by atoms with Crippen LogP contribution < -0.4 is 5.32 Å². The predicted molar refractivity (Wildman–Crippen MR) is 68.8 cm³/mol. The maximum Gasteiger partial charge on any atom is 0.0618 e. The van der Waals surface area contributed by atoms with Crippen molar-refractivity contribution in [1.82, 2.24) is 10.2 Å². The highest BCUT2D eigenvalue weighted by molar-refractivity contribution is 4.95. The van der Waals surface area contributed by atoms with E-state index in [4.69, 9.17) is 4.74 Å². The van der Waals surface area contributed by atoms with Gasteiger partial charge in [-0.25, -0.2) is 0 Å². The van der Waals surface area contributed by atoms with Gasteiger partial charge in [0.1, 0.15) is 0 Å². The molecule has 0 amide bonds. The summed E-state index contributed by atoms with van der Waals surface area (Å²) in [6.07, 6.45) is 2.34. The average Bonchev–Trinajstić information content (AvgIpc) is 2.30. The highest BCUT2D eigenvalue weighted by Crippen LogP contribution is 2.22. The van der Waals surface area contributed by atoms with E-state index in [0.29, 0.717) is 12.1 Å². The lowest BCUT2D eigenvalue weighted by atomic mass is 9.92. The molecule has 0 spiro atoms. The Kier molecular flexibility index (Phi) is 5.22. The van der Waals surface area contributed by atoms with Crippen LogP contribution in [0.5, 0.6) is 0 Å². The fourth-order valence-electron chi connectivity index (χ4n) is 2.49. The van der Waals surface area contributed by atoms with Crippen molar-refractivity contribution >= 4 is 0 Å². The van der Waals surface area contributed by atoms with Gasteiger partial charge in [-0.3, -0.25) is 4.90 Å². The molecule has 0 bridgehead atoms. The van der Waals surface area contributed by atoms with E-state index in [-0.39, 0.29) is 5.54 Å². The summed E-state index contributed by atoms with van der Waals surface area (Å²) in [6, 6.07) is 1.17. The molecule has 0 aromatic carbocycles. The maximum absolute atomic E-state index is 5.34. The molecule has 0 aromatic heterocycles. The number of ether oxygens (including phenoxy) is 1. The SMILES string of the molecule is CCC(COC)N1CC(C)(CC)NCC1C. The van der Waals surface area contributed by atoms with Crippen LogP contribution in [0.2, 0.25) is 0 Å². The molecule has 3 heteroatoms. The van der Waals surface area contributed by atoms with Crippen LogP contribution in [0.1, 0.15) is 40.5 Å². The molecular formula is C13H28N2O. The number of hydrogen-bond acceptors (Lipinski definition) is 3. The lowest BCUT2D eigenvalue weighted by Crippen LogP contribution is -2.64. The second kappa shape index (κ2) is 5.99. The smallest absolute Gasteiger partial charge is 0.0618 e. The van der Waals surface area contributed by atoms with E-state index in [1.54, 1.807) is 7.11 Å². The molecule has 0 aromatic rings. The van der Waals surface area contributed by atoms with E-state index in [1.165, 1.54) is 6.42 Å². The molecule has 1 saturated heterocycles. The summed E-state index contributed by atoms with van der Waals surface area (Å²) < 4.78 is 5.34. The first-order chi connectivity index (χ1) is 7.56. The van der Waals surface area contributed by atoms with Gasteiger partial charge < -0.3 is 10.1 Å². The zero-order valence-corrected chi connectivity index (χ0v) is 11.5. The molecule has 3 unspecified atom stereocenters. The van der Waals surface area contributed by atoms with Gasteiger partial charge in [-0.05, 0) is 26.7 Å². The lowest BCUT2D eigenvalue weighted by molar-refractivity contribution is 0.0153. The Balaban J connectivity index is 2.67. The Hall–Kier alpha value is -0.120. The lowest BCUT2D eigenvalue weighted by Gasteiger charge is -2.48. The monoisotopic (exact) mass is 228 g/mol. The standard InChI is InChI=1S/C13H28N2O/c1-6-12(9-16-5)15-10-13(4,7-2)14-8-11(15)3/h11-12,14H,6-10H2,1-5H3. The van der Waals surface area contributed by atoms with Crippen LogP contribution >= 0.6 is 0 Å². The van der Waals surface area contributed by atoms with Crippen molar-refractivity contribution in [2.45, 2.75) is 58.2 Å². The summed E-state index contributed by atoms with van der Waals surface area (Å²) in [5.74, 6) is 0. The van der Waals surface area contributed by atoms with E-state index in [1.807, 2.05) is 0 Å². The predicted octanol–water partition coefficient (Wildman–Crippen LogP) is 1.87. The van der Waals surface area contributed by atoms with Crippen LogP contribution in [0.4, 0.5) is 0 Å². The van der Waals surface area contributed by atoms with Gasteiger partial charge >= 0.3 is 0 Å². The zero-order chi connectivity index (χ0) is 12.2. The normalized spacial score (nSPS) is 33.9. The Morgan fingerprint density at radius 1 is 1.50 bits per heavy atom. The number of nitrogens with one attached hydrogen (secondary N) is 1. The highest BCUT2D eigenvalue weighted by Gasteiger charge is 2.35. The Morgan fingerprint density at radius 2 is 2.19 bits per heavy atom. The van der Waals surface area contributed by atoms with Gasteiger partial charge in [-0.15, -0.1) is 0 Å². The average molecular weight is 228 g/mol. The zero-order valence-electron chi connectivity index (χ0n) is 11.5. The van der Waals surface area contributed by atoms with Crippen molar-refractivity contribution in [1.29, 1.82) is 0 Å². The highest BCUT2D eigenvalue weighted by atomic mass is 16.5. The summed E-state index contributed by atoms with van der Waals surface area (Å²) in [7, 11) is 1.80. The van der Waals surface area contributed by atoms with Crippen LogP contribution in [0, 0.1) is 0 Å². The second-order valence-electron chi connectivity index (χ2n) is 5.33. The van der Waals surface area contributed by atoms with Gasteiger partial charge in [0.15, 0.2) is 0 Å². The van der Waals surface area contributed by atoms with Crippen LogP contribution in [0.15, 0.2) is 0 Å². The molecule has 96 valence electrons. The summed E-state index contributed by atoms with van der Waals surface area (Å²) in [4.78, 5) is 2.61. The molecule has 0 saturated carbocycles. The fourth-order valence-corrected chi connectivity index (χ4v) is 2.49. The first kappa shape index (κ1) is 13.9. The number of methoxy groups -OCH3 is 1. The fraction of sp³-hybridized carbons (Fsp3) is 1.00. The Bertz CT molecular complexity index is 210. The molecule has 16 heavy (non-hydrogen) atoms. The molecule has 1 rings (SSSR count). The van der Waals surface area contributed by atoms with E-state index < -0.39 is 0 Å². The summed E-state index contributed by atoms with van der Waals surface area (Å²) in [5, 5.41) is 3.66. The van der Waals surface area contributed by atoms with Gasteiger partial charge in [0.05, 0.1) is 6.61 Å². The van der Waals surface area contributed by atoms with Gasteiger partial charge in [0, 0.05) is 37.8 Å². The number of piperazine rings is 1. The van der Waals surface area contributed by atoms with Gasteiger partial charge in [0.25, 0.3) is 0 Å². The molecule has 1 aliphatic rings. The third-order valence-electron chi connectivity index (χ3n) is 4.00. The number of hydrogen-bond donors (Lipinski definition) is 1. The van der Waals surface area contributed by atoms with Crippen molar-refractivity contribution in [3.05, 3.63) is 0 Å².